The SMILES string of the molecule is CC(C)C(N)CCCCC1CCC(N)C(C)C1. The first-order chi connectivity index (χ1) is 8.00. The summed E-state index contributed by atoms with van der Waals surface area (Å²) in [4.78, 5) is 0. The zero-order valence-corrected chi connectivity index (χ0v) is 12.0. The van der Waals surface area contributed by atoms with E-state index in [1.807, 2.05) is 0 Å². The van der Waals surface area contributed by atoms with Crippen molar-refractivity contribution in [2.45, 2.75) is 77.8 Å². The molecule has 2 heteroatoms. The average Bonchev–Trinajstić information content (AvgIpc) is 2.28. The van der Waals surface area contributed by atoms with Gasteiger partial charge in [-0.05, 0) is 43.4 Å². The number of rotatable bonds is 6. The molecule has 4 unspecified atom stereocenters. The van der Waals surface area contributed by atoms with E-state index < -0.39 is 0 Å². The van der Waals surface area contributed by atoms with Crippen LogP contribution in [0.1, 0.15) is 65.7 Å². The Kier molecular flexibility index (Phi) is 6.50. The van der Waals surface area contributed by atoms with Crippen molar-refractivity contribution in [2.75, 3.05) is 0 Å². The van der Waals surface area contributed by atoms with Crippen LogP contribution >= 0.6 is 0 Å². The van der Waals surface area contributed by atoms with E-state index in [1.165, 1.54) is 44.9 Å². The van der Waals surface area contributed by atoms with Gasteiger partial charge in [-0.25, -0.2) is 0 Å². The second-order valence-electron chi connectivity index (χ2n) is 6.51. The molecular weight excluding hydrogens is 208 g/mol. The molecule has 1 aliphatic rings. The summed E-state index contributed by atoms with van der Waals surface area (Å²) < 4.78 is 0. The van der Waals surface area contributed by atoms with Crippen molar-refractivity contribution < 1.29 is 0 Å². The second-order valence-corrected chi connectivity index (χ2v) is 6.51. The largest absolute Gasteiger partial charge is 0.327 e. The molecule has 0 aromatic heterocycles. The highest BCUT2D eigenvalue weighted by atomic mass is 14.7. The van der Waals surface area contributed by atoms with Crippen LogP contribution < -0.4 is 11.5 Å². The Morgan fingerprint density at radius 3 is 2.47 bits per heavy atom. The van der Waals surface area contributed by atoms with Gasteiger partial charge in [0, 0.05) is 12.1 Å². The van der Waals surface area contributed by atoms with Crippen LogP contribution in [0.2, 0.25) is 0 Å². The Labute approximate surface area is 108 Å². The van der Waals surface area contributed by atoms with E-state index in [0.29, 0.717) is 18.0 Å². The summed E-state index contributed by atoms with van der Waals surface area (Å²) in [5.74, 6) is 2.29. The van der Waals surface area contributed by atoms with Gasteiger partial charge in [-0.3, -0.25) is 0 Å². The molecule has 0 spiro atoms. The van der Waals surface area contributed by atoms with Gasteiger partial charge in [-0.2, -0.15) is 0 Å². The van der Waals surface area contributed by atoms with Crippen molar-refractivity contribution in [3.8, 4) is 0 Å². The first kappa shape index (κ1) is 15.0. The summed E-state index contributed by atoms with van der Waals surface area (Å²) in [5, 5.41) is 0. The van der Waals surface area contributed by atoms with Crippen molar-refractivity contribution in [3.05, 3.63) is 0 Å². The standard InChI is InChI=1S/C15H32N2/c1-11(2)14(16)7-5-4-6-13-8-9-15(17)12(3)10-13/h11-15H,4-10,16-17H2,1-3H3. The van der Waals surface area contributed by atoms with Crippen LogP contribution in [-0.4, -0.2) is 12.1 Å². The molecule has 2 nitrogen and oxygen atoms in total. The summed E-state index contributed by atoms with van der Waals surface area (Å²) in [7, 11) is 0. The molecule has 0 aromatic carbocycles. The van der Waals surface area contributed by atoms with Gasteiger partial charge in [0.15, 0.2) is 0 Å². The number of unbranched alkanes of at least 4 members (excludes halogenated alkanes) is 1. The third-order valence-corrected chi connectivity index (χ3v) is 4.60. The van der Waals surface area contributed by atoms with Crippen molar-refractivity contribution in [3.63, 3.8) is 0 Å². The summed E-state index contributed by atoms with van der Waals surface area (Å²) in [6, 6.07) is 0.856. The maximum Gasteiger partial charge on any atom is 0.00647 e. The van der Waals surface area contributed by atoms with Crippen molar-refractivity contribution in [2.24, 2.45) is 29.2 Å². The molecule has 1 aliphatic carbocycles. The predicted octanol–water partition coefficient (Wildman–Crippen LogP) is 3.29. The van der Waals surface area contributed by atoms with Gasteiger partial charge in [0.05, 0.1) is 0 Å². The van der Waals surface area contributed by atoms with Crippen molar-refractivity contribution in [1.82, 2.24) is 0 Å². The highest BCUT2D eigenvalue weighted by Crippen LogP contribution is 2.31. The predicted molar refractivity (Wildman–Crippen MR) is 75.8 cm³/mol. The summed E-state index contributed by atoms with van der Waals surface area (Å²) in [6.45, 7) is 6.75. The van der Waals surface area contributed by atoms with E-state index in [0.717, 1.165) is 11.8 Å². The highest BCUT2D eigenvalue weighted by Gasteiger charge is 2.24. The molecule has 0 bridgehead atoms. The number of hydrogen-bond donors (Lipinski definition) is 2. The molecule has 102 valence electrons. The summed E-state index contributed by atoms with van der Waals surface area (Å²) in [6.07, 6.45) is 9.17. The van der Waals surface area contributed by atoms with Crippen LogP contribution in [0, 0.1) is 17.8 Å². The normalized spacial score (nSPS) is 31.8. The smallest absolute Gasteiger partial charge is 0.00647 e. The van der Waals surface area contributed by atoms with Crippen LogP contribution in [0.3, 0.4) is 0 Å². The number of hydrogen-bond acceptors (Lipinski definition) is 2. The average molecular weight is 240 g/mol. The van der Waals surface area contributed by atoms with Crippen LogP contribution in [0.15, 0.2) is 0 Å². The third kappa shape index (κ3) is 5.39. The molecule has 0 radical (unpaired) electrons. The van der Waals surface area contributed by atoms with Gasteiger partial charge in [0.2, 0.25) is 0 Å². The molecule has 17 heavy (non-hydrogen) atoms. The molecule has 4 N–H and O–H groups in total. The van der Waals surface area contributed by atoms with E-state index in [4.69, 9.17) is 11.5 Å². The Bertz CT molecular complexity index is 203. The van der Waals surface area contributed by atoms with Gasteiger partial charge in [-0.1, -0.05) is 40.0 Å². The quantitative estimate of drug-likeness (QED) is 0.700. The summed E-state index contributed by atoms with van der Waals surface area (Å²) >= 11 is 0. The van der Waals surface area contributed by atoms with Gasteiger partial charge < -0.3 is 11.5 Å². The van der Waals surface area contributed by atoms with E-state index in [9.17, 15) is 0 Å². The minimum absolute atomic E-state index is 0.397. The highest BCUT2D eigenvalue weighted by molar-refractivity contribution is 4.79. The topological polar surface area (TPSA) is 52.0 Å². The first-order valence-corrected chi connectivity index (χ1v) is 7.51. The van der Waals surface area contributed by atoms with Gasteiger partial charge in [0.1, 0.15) is 0 Å². The van der Waals surface area contributed by atoms with Crippen LogP contribution in [0.4, 0.5) is 0 Å². The molecule has 0 aromatic rings. The fraction of sp³-hybridized carbons (Fsp3) is 1.00. The zero-order valence-electron chi connectivity index (χ0n) is 12.0. The molecule has 1 saturated carbocycles. The zero-order chi connectivity index (χ0) is 12.8. The van der Waals surface area contributed by atoms with Crippen LogP contribution in [0.25, 0.3) is 0 Å². The van der Waals surface area contributed by atoms with Crippen molar-refractivity contribution in [1.29, 1.82) is 0 Å². The maximum atomic E-state index is 6.06. The first-order valence-electron chi connectivity index (χ1n) is 7.51. The molecule has 4 atom stereocenters. The van der Waals surface area contributed by atoms with Gasteiger partial charge >= 0.3 is 0 Å². The molecule has 0 amide bonds. The number of nitrogens with two attached hydrogens (primary N) is 2. The van der Waals surface area contributed by atoms with Gasteiger partial charge in [0.25, 0.3) is 0 Å². The molecular formula is C15H32N2. The lowest BCUT2D eigenvalue weighted by Gasteiger charge is -2.32. The monoisotopic (exact) mass is 240 g/mol. The van der Waals surface area contributed by atoms with E-state index in [1.54, 1.807) is 0 Å². The lowest BCUT2D eigenvalue weighted by Crippen LogP contribution is -2.34. The Morgan fingerprint density at radius 2 is 1.88 bits per heavy atom. The summed E-state index contributed by atoms with van der Waals surface area (Å²) in [5.41, 5.74) is 12.1. The Morgan fingerprint density at radius 1 is 1.18 bits per heavy atom. The molecule has 0 heterocycles. The Balaban J connectivity index is 2.07. The lowest BCUT2D eigenvalue weighted by atomic mass is 9.77. The third-order valence-electron chi connectivity index (χ3n) is 4.60. The van der Waals surface area contributed by atoms with Crippen LogP contribution in [-0.2, 0) is 0 Å². The lowest BCUT2D eigenvalue weighted by molar-refractivity contribution is 0.233. The van der Waals surface area contributed by atoms with E-state index >= 15 is 0 Å². The second kappa shape index (κ2) is 7.38. The maximum absolute atomic E-state index is 6.06. The molecule has 1 rings (SSSR count). The minimum Gasteiger partial charge on any atom is -0.327 e. The fourth-order valence-corrected chi connectivity index (χ4v) is 2.94. The Hall–Kier alpha value is -0.0800. The van der Waals surface area contributed by atoms with Crippen molar-refractivity contribution >= 4 is 0 Å². The molecule has 0 saturated heterocycles. The minimum atomic E-state index is 0.397. The molecule has 1 fully saturated rings. The fourth-order valence-electron chi connectivity index (χ4n) is 2.94. The van der Waals surface area contributed by atoms with E-state index in [-0.39, 0.29) is 0 Å². The van der Waals surface area contributed by atoms with E-state index in [2.05, 4.69) is 20.8 Å². The van der Waals surface area contributed by atoms with Gasteiger partial charge in [-0.15, -0.1) is 0 Å². The van der Waals surface area contributed by atoms with Crippen LogP contribution in [0.5, 0.6) is 0 Å². The molecule has 0 aliphatic heterocycles.